The second-order valence-electron chi connectivity index (χ2n) is 3.62. The molecule has 13 heavy (non-hydrogen) atoms. The maximum atomic E-state index is 5.60. The summed E-state index contributed by atoms with van der Waals surface area (Å²) in [7, 11) is 0. The zero-order valence-corrected chi connectivity index (χ0v) is 8.38. The van der Waals surface area contributed by atoms with Crippen LogP contribution in [0.3, 0.4) is 0 Å². The zero-order valence-electron chi connectivity index (χ0n) is 8.38. The number of ether oxygens (including phenoxy) is 1. The van der Waals surface area contributed by atoms with Crippen LogP contribution in [0.15, 0.2) is 0 Å². The first-order valence-electron chi connectivity index (χ1n) is 5.14. The highest BCUT2D eigenvalue weighted by Gasteiger charge is 2.12. The molecule has 0 spiro atoms. The Bertz CT molecular complexity index is 167. The Morgan fingerprint density at radius 2 is 2.46 bits per heavy atom. The van der Waals surface area contributed by atoms with E-state index in [2.05, 4.69) is 11.2 Å². The van der Waals surface area contributed by atoms with Crippen LogP contribution in [-0.4, -0.2) is 25.3 Å². The molecule has 0 amide bonds. The lowest BCUT2D eigenvalue weighted by Crippen LogP contribution is -2.29. The lowest BCUT2D eigenvalue weighted by molar-refractivity contribution is 0.0115. The normalized spacial score (nSPS) is 25.1. The smallest absolute Gasteiger partial charge is 0.0658 e. The van der Waals surface area contributed by atoms with Crippen LogP contribution in [-0.2, 0) is 4.74 Å². The largest absolute Gasteiger partial charge is 0.378 e. The predicted molar refractivity (Wildman–Crippen MR) is 54.5 cm³/mol. The highest BCUT2D eigenvalue weighted by atomic mass is 16.5. The van der Waals surface area contributed by atoms with E-state index >= 15 is 0 Å². The quantitative estimate of drug-likeness (QED) is 0.664. The summed E-state index contributed by atoms with van der Waals surface area (Å²) in [5.74, 6) is 2.65. The molecule has 2 atom stereocenters. The molecule has 1 aliphatic rings. The Morgan fingerprint density at radius 1 is 1.62 bits per heavy atom. The number of rotatable bonds is 4. The number of nitrogens with one attached hydrogen (secondary N) is 1. The molecule has 0 aliphatic carbocycles. The average Bonchev–Trinajstić information content (AvgIpc) is 2.19. The lowest BCUT2D eigenvalue weighted by Gasteiger charge is -2.22. The van der Waals surface area contributed by atoms with Crippen molar-refractivity contribution in [2.75, 3.05) is 13.2 Å². The van der Waals surface area contributed by atoms with Gasteiger partial charge in [-0.3, -0.25) is 0 Å². The van der Waals surface area contributed by atoms with E-state index in [0.717, 1.165) is 19.6 Å². The first-order chi connectivity index (χ1) is 6.33. The molecular formula is C11H19NO. The van der Waals surface area contributed by atoms with Crippen molar-refractivity contribution in [3.05, 3.63) is 0 Å². The van der Waals surface area contributed by atoms with E-state index in [1.54, 1.807) is 0 Å². The van der Waals surface area contributed by atoms with Crippen LogP contribution >= 0.6 is 0 Å². The molecule has 0 aromatic heterocycles. The van der Waals surface area contributed by atoms with Crippen molar-refractivity contribution < 1.29 is 4.74 Å². The first-order valence-corrected chi connectivity index (χ1v) is 5.14. The number of hydrogen-bond acceptors (Lipinski definition) is 2. The molecule has 1 rings (SSSR count). The fourth-order valence-corrected chi connectivity index (χ4v) is 1.55. The molecule has 1 heterocycles. The van der Waals surface area contributed by atoms with Gasteiger partial charge in [-0.2, -0.15) is 0 Å². The van der Waals surface area contributed by atoms with Crippen molar-refractivity contribution in [3.63, 3.8) is 0 Å². The summed E-state index contributed by atoms with van der Waals surface area (Å²) in [6.45, 7) is 3.91. The van der Waals surface area contributed by atoms with Gasteiger partial charge in [-0.15, -0.1) is 6.42 Å². The maximum Gasteiger partial charge on any atom is 0.0658 e. The van der Waals surface area contributed by atoms with Crippen LogP contribution in [0.4, 0.5) is 0 Å². The molecule has 74 valence electrons. The molecule has 1 aliphatic heterocycles. The van der Waals surface area contributed by atoms with E-state index in [9.17, 15) is 0 Å². The van der Waals surface area contributed by atoms with Crippen LogP contribution in [0.5, 0.6) is 0 Å². The summed E-state index contributed by atoms with van der Waals surface area (Å²) in [6, 6.07) is 0.184. The van der Waals surface area contributed by atoms with E-state index in [1.807, 2.05) is 6.92 Å². The average molecular weight is 181 g/mol. The van der Waals surface area contributed by atoms with Crippen molar-refractivity contribution in [1.29, 1.82) is 0 Å². The monoisotopic (exact) mass is 181 g/mol. The van der Waals surface area contributed by atoms with Gasteiger partial charge < -0.3 is 10.1 Å². The van der Waals surface area contributed by atoms with E-state index < -0.39 is 0 Å². The van der Waals surface area contributed by atoms with Crippen molar-refractivity contribution in [3.8, 4) is 12.3 Å². The van der Waals surface area contributed by atoms with Gasteiger partial charge in [-0.1, -0.05) is 5.92 Å². The molecule has 2 nitrogen and oxygen atoms in total. The van der Waals surface area contributed by atoms with Gasteiger partial charge in [0.1, 0.15) is 0 Å². The van der Waals surface area contributed by atoms with Crippen LogP contribution < -0.4 is 5.32 Å². The van der Waals surface area contributed by atoms with E-state index in [4.69, 9.17) is 11.2 Å². The molecule has 0 aromatic carbocycles. The van der Waals surface area contributed by atoms with E-state index in [1.165, 1.54) is 19.3 Å². The van der Waals surface area contributed by atoms with E-state index in [-0.39, 0.29) is 6.04 Å². The lowest BCUT2D eigenvalue weighted by atomic mass is 10.1. The Balaban J connectivity index is 2.02. The Morgan fingerprint density at radius 3 is 3.08 bits per heavy atom. The second kappa shape index (κ2) is 6.01. The third-order valence-corrected chi connectivity index (χ3v) is 2.44. The molecule has 1 saturated heterocycles. The van der Waals surface area contributed by atoms with Crippen LogP contribution in [0.25, 0.3) is 0 Å². The molecule has 2 unspecified atom stereocenters. The summed E-state index contributed by atoms with van der Waals surface area (Å²) in [4.78, 5) is 0. The Kier molecular flexibility index (Phi) is 4.88. The minimum Gasteiger partial charge on any atom is -0.378 e. The minimum absolute atomic E-state index is 0.184. The van der Waals surface area contributed by atoms with Gasteiger partial charge in [-0.05, 0) is 39.2 Å². The Hall–Kier alpha value is -0.520. The highest BCUT2D eigenvalue weighted by molar-refractivity contribution is 4.95. The third-order valence-electron chi connectivity index (χ3n) is 2.44. The van der Waals surface area contributed by atoms with Crippen molar-refractivity contribution in [2.45, 2.75) is 44.8 Å². The molecule has 2 heteroatoms. The zero-order chi connectivity index (χ0) is 9.52. The standard InChI is InChI=1S/C11H19NO/c1-3-10(2)12-8-7-11-6-4-5-9-13-11/h1,10-12H,4-9H2,2H3. The minimum atomic E-state index is 0.184. The molecule has 1 fully saturated rings. The molecule has 0 saturated carbocycles. The van der Waals surface area contributed by atoms with Crippen molar-refractivity contribution >= 4 is 0 Å². The molecule has 0 bridgehead atoms. The van der Waals surface area contributed by atoms with Gasteiger partial charge in [0.25, 0.3) is 0 Å². The molecular weight excluding hydrogens is 162 g/mol. The topological polar surface area (TPSA) is 21.3 Å². The fourth-order valence-electron chi connectivity index (χ4n) is 1.55. The van der Waals surface area contributed by atoms with Gasteiger partial charge in [0.2, 0.25) is 0 Å². The first kappa shape index (κ1) is 10.6. The highest BCUT2D eigenvalue weighted by Crippen LogP contribution is 2.14. The summed E-state index contributed by atoms with van der Waals surface area (Å²) < 4.78 is 5.60. The molecule has 0 aromatic rings. The van der Waals surface area contributed by atoms with Crippen LogP contribution in [0, 0.1) is 12.3 Å². The third kappa shape index (κ3) is 4.31. The SMILES string of the molecule is C#CC(C)NCCC1CCCCO1. The maximum absolute atomic E-state index is 5.60. The summed E-state index contributed by atoms with van der Waals surface area (Å²) in [5.41, 5.74) is 0. The second-order valence-corrected chi connectivity index (χ2v) is 3.62. The van der Waals surface area contributed by atoms with Crippen LogP contribution in [0.2, 0.25) is 0 Å². The Labute approximate surface area is 81.0 Å². The van der Waals surface area contributed by atoms with Crippen molar-refractivity contribution in [2.24, 2.45) is 0 Å². The summed E-state index contributed by atoms with van der Waals surface area (Å²) in [6.07, 6.45) is 10.6. The summed E-state index contributed by atoms with van der Waals surface area (Å²) >= 11 is 0. The van der Waals surface area contributed by atoms with Gasteiger partial charge in [0.05, 0.1) is 12.1 Å². The van der Waals surface area contributed by atoms with Gasteiger partial charge in [0.15, 0.2) is 0 Å². The van der Waals surface area contributed by atoms with Crippen LogP contribution in [0.1, 0.15) is 32.6 Å². The molecule has 1 N–H and O–H groups in total. The number of terminal acetylenes is 1. The van der Waals surface area contributed by atoms with Crippen molar-refractivity contribution in [1.82, 2.24) is 5.32 Å². The van der Waals surface area contributed by atoms with Gasteiger partial charge in [-0.25, -0.2) is 0 Å². The fraction of sp³-hybridized carbons (Fsp3) is 0.818. The molecule has 0 radical (unpaired) electrons. The van der Waals surface area contributed by atoms with E-state index in [0.29, 0.717) is 6.10 Å². The summed E-state index contributed by atoms with van der Waals surface area (Å²) in [5, 5.41) is 3.26. The predicted octanol–water partition coefficient (Wildman–Crippen LogP) is 1.56. The number of hydrogen-bond donors (Lipinski definition) is 1. The van der Waals surface area contributed by atoms with Gasteiger partial charge in [0, 0.05) is 6.61 Å². The van der Waals surface area contributed by atoms with Gasteiger partial charge >= 0.3 is 0 Å².